The number of aromatic carboxylic acids is 1. The topological polar surface area (TPSA) is 59.3 Å². The fourth-order valence-corrected chi connectivity index (χ4v) is 4.88. The standard InChI is InChI=1S/C21H23NO3/c23-18-8-9-21(13-15-5-2-1-3-6-15)17(12-18)7-4-10-22-14-16(20(24)25)11-19(21)22/h1-3,5-6,11,14,17H,4,7-10,12-13H2,(H,24,25)/t17-,21-/m1/s1. The molecular formula is C21H23NO3. The molecule has 0 amide bonds. The number of aryl methyl sites for hydroxylation is 1. The van der Waals surface area contributed by atoms with E-state index in [1.54, 1.807) is 6.20 Å². The molecule has 4 nitrogen and oxygen atoms in total. The van der Waals surface area contributed by atoms with Crippen molar-refractivity contribution < 1.29 is 14.7 Å². The number of carboxylic acids is 1. The summed E-state index contributed by atoms with van der Waals surface area (Å²) < 4.78 is 2.14. The summed E-state index contributed by atoms with van der Waals surface area (Å²) in [6.07, 6.45) is 6.71. The zero-order valence-electron chi connectivity index (χ0n) is 14.3. The maximum Gasteiger partial charge on any atom is 0.337 e. The number of rotatable bonds is 3. The SMILES string of the molecule is O=C1CC[C@]2(Cc3ccccc3)c3cc(C(=O)O)cn3CCC[C@@H]2C1. The minimum atomic E-state index is -0.876. The van der Waals surface area contributed by atoms with Gasteiger partial charge in [0.2, 0.25) is 0 Å². The lowest BCUT2D eigenvalue weighted by Crippen LogP contribution is -2.43. The monoisotopic (exact) mass is 337 g/mol. The molecule has 1 saturated carbocycles. The Morgan fingerprint density at radius 1 is 1.28 bits per heavy atom. The molecule has 2 heterocycles. The number of Topliss-reactive ketones (excluding diaryl/α,β-unsaturated/α-hetero) is 1. The molecule has 1 aliphatic heterocycles. The van der Waals surface area contributed by atoms with Gasteiger partial charge >= 0.3 is 5.97 Å². The van der Waals surface area contributed by atoms with Crippen LogP contribution in [-0.2, 0) is 23.2 Å². The molecular weight excluding hydrogens is 314 g/mol. The lowest BCUT2D eigenvalue weighted by Gasteiger charge is -2.43. The van der Waals surface area contributed by atoms with Gasteiger partial charge in [-0.2, -0.15) is 0 Å². The smallest absolute Gasteiger partial charge is 0.337 e. The van der Waals surface area contributed by atoms with Crippen LogP contribution in [0.15, 0.2) is 42.6 Å². The molecule has 4 heteroatoms. The van der Waals surface area contributed by atoms with Gasteiger partial charge < -0.3 is 9.67 Å². The number of carboxylic acid groups (broad SMARTS) is 1. The van der Waals surface area contributed by atoms with Crippen molar-refractivity contribution in [2.75, 3.05) is 0 Å². The minimum Gasteiger partial charge on any atom is -0.478 e. The van der Waals surface area contributed by atoms with Gasteiger partial charge in [0, 0.05) is 36.7 Å². The molecule has 1 aliphatic carbocycles. The first-order chi connectivity index (χ1) is 12.1. The number of hydrogen-bond acceptors (Lipinski definition) is 2. The second-order valence-electron chi connectivity index (χ2n) is 7.51. The van der Waals surface area contributed by atoms with Gasteiger partial charge in [-0.25, -0.2) is 4.79 Å². The van der Waals surface area contributed by atoms with Gasteiger partial charge in [-0.3, -0.25) is 4.79 Å². The van der Waals surface area contributed by atoms with E-state index in [0.717, 1.165) is 37.9 Å². The highest BCUT2D eigenvalue weighted by atomic mass is 16.4. The second-order valence-corrected chi connectivity index (χ2v) is 7.51. The highest BCUT2D eigenvalue weighted by Crippen LogP contribution is 2.49. The number of aromatic nitrogens is 1. The van der Waals surface area contributed by atoms with E-state index >= 15 is 0 Å². The van der Waals surface area contributed by atoms with E-state index in [2.05, 4.69) is 16.7 Å². The van der Waals surface area contributed by atoms with Gasteiger partial charge in [0.15, 0.2) is 0 Å². The summed E-state index contributed by atoms with van der Waals surface area (Å²) in [6.45, 7) is 0.837. The lowest BCUT2D eigenvalue weighted by atomic mass is 9.60. The Bertz CT molecular complexity index is 808. The fourth-order valence-electron chi connectivity index (χ4n) is 4.88. The molecule has 25 heavy (non-hydrogen) atoms. The van der Waals surface area contributed by atoms with E-state index in [1.807, 2.05) is 24.3 Å². The summed E-state index contributed by atoms with van der Waals surface area (Å²) in [5.41, 5.74) is 2.59. The highest BCUT2D eigenvalue weighted by molar-refractivity contribution is 5.88. The summed E-state index contributed by atoms with van der Waals surface area (Å²) in [4.78, 5) is 23.7. The Hall–Kier alpha value is -2.36. The zero-order chi connectivity index (χ0) is 17.4. The number of hydrogen-bond donors (Lipinski definition) is 1. The molecule has 4 rings (SSSR count). The number of fused-ring (bicyclic) bond motifs is 3. The Balaban J connectivity index is 1.84. The number of benzene rings is 1. The third-order valence-corrected chi connectivity index (χ3v) is 6.07. The predicted molar refractivity (Wildman–Crippen MR) is 94.8 cm³/mol. The van der Waals surface area contributed by atoms with Crippen LogP contribution < -0.4 is 0 Å². The maximum absolute atomic E-state index is 12.1. The van der Waals surface area contributed by atoms with Crippen molar-refractivity contribution in [2.24, 2.45) is 5.92 Å². The van der Waals surface area contributed by atoms with E-state index in [1.165, 1.54) is 5.56 Å². The van der Waals surface area contributed by atoms with E-state index in [9.17, 15) is 14.7 Å². The second kappa shape index (κ2) is 6.17. The number of carbonyl (C=O) groups is 2. The average molecular weight is 337 g/mol. The summed E-state index contributed by atoms with van der Waals surface area (Å²) in [7, 11) is 0. The summed E-state index contributed by atoms with van der Waals surface area (Å²) >= 11 is 0. The molecule has 2 atom stereocenters. The van der Waals surface area contributed by atoms with Crippen molar-refractivity contribution in [1.82, 2.24) is 4.57 Å². The van der Waals surface area contributed by atoms with E-state index in [0.29, 0.717) is 30.1 Å². The Morgan fingerprint density at radius 3 is 2.84 bits per heavy atom. The quantitative estimate of drug-likeness (QED) is 0.926. The Kier molecular flexibility index (Phi) is 3.98. The largest absolute Gasteiger partial charge is 0.478 e. The number of carbonyl (C=O) groups excluding carboxylic acids is 1. The van der Waals surface area contributed by atoms with Crippen LogP contribution in [0, 0.1) is 5.92 Å². The predicted octanol–water partition coefficient (Wildman–Crippen LogP) is 3.83. The van der Waals surface area contributed by atoms with Gasteiger partial charge in [0.05, 0.1) is 5.56 Å². The van der Waals surface area contributed by atoms with Crippen LogP contribution in [0.3, 0.4) is 0 Å². The van der Waals surface area contributed by atoms with Gasteiger partial charge in [0.25, 0.3) is 0 Å². The number of ketones is 1. The van der Waals surface area contributed by atoms with Crippen molar-refractivity contribution in [3.8, 4) is 0 Å². The Morgan fingerprint density at radius 2 is 2.08 bits per heavy atom. The summed E-state index contributed by atoms with van der Waals surface area (Å²) in [6, 6.07) is 12.2. The van der Waals surface area contributed by atoms with E-state index < -0.39 is 5.97 Å². The Labute approximate surface area is 147 Å². The third kappa shape index (κ3) is 2.80. The molecule has 0 bridgehead atoms. The zero-order valence-corrected chi connectivity index (χ0v) is 14.3. The minimum absolute atomic E-state index is 0.139. The fraction of sp³-hybridized carbons (Fsp3) is 0.429. The number of nitrogens with zero attached hydrogens (tertiary/aromatic N) is 1. The van der Waals surface area contributed by atoms with E-state index in [-0.39, 0.29) is 5.41 Å². The van der Waals surface area contributed by atoms with Gasteiger partial charge in [-0.1, -0.05) is 30.3 Å². The molecule has 0 unspecified atom stereocenters. The van der Waals surface area contributed by atoms with Crippen LogP contribution in [0.5, 0.6) is 0 Å². The average Bonchev–Trinajstić information content (AvgIpc) is 2.98. The first kappa shape index (κ1) is 16.1. The van der Waals surface area contributed by atoms with E-state index in [4.69, 9.17) is 0 Å². The van der Waals surface area contributed by atoms with Gasteiger partial charge in [0.1, 0.15) is 5.78 Å². The third-order valence-electron chi connectivity index (χ3n) is 6.07. The van der Waals surface area contributed by atoms with Crippen molar-refractivity contribution in [3.05, 3.63) is 59.4 Å². The maximum atomic E-state index is 12.1. The molecule has 1 aromatic carbocycles. The molecule has 0 radical (unpaired) electrons. The molecule has 1 fully saturated rings. The molecule has 1 aromatic heterocycles. The van der Waals surface area contributed by atoms with Crippen molar-refractivity contribution in [3.63, 3.8) is 0 Å². The molecule has 0 saturated heterocycles. The molecule has 0 spiro atoms. The van der Waals surface area contributed by atoms with Crippen LogP contribution in [0.25, 0.3) is 0 Å². The van der Waals surface area contributed by atoms with Crippen LogP contribution in [0.2, 0.25) is 0 Å². The summed E-state index contributed by atoms with van der Waals surface area (Å²) in [5, 5.41) is 9.45. The molecule has 2 aliphatic rings. The first-order valence-corrected chi connectivity index (χ1v) is 9.08. The van der Waals surface area contributed by atoms with Crippen LogP contribution in [0.1, 0.15) is 53.7 Å². The molecule has 1 N–H and O–H groups in total. The van der Waals surface area contributed by atoms with Crippen molar-refractivity contribution in [2.45, 2.75) is 50.5 Å². The first-order valence-electron chi connectivity index (χ1n) is 9.08. The summed E-state index contributed by atoms with van der Waals surface area (Å²) in [5.74, 6) is -0.224. The molecule has 2 aromatic rings. The normalized spacial score (nSPS) is 25.8. The van der Waals surface area contributed by atoms with Gasteiger partial charge in [-0.15, -0.1) is 0 Å². The van der Waals surface area contributed by atoms with Gasteiger partial charge in [-0.05, 0) is 43.2 Å². The van der Waals surface area contributed by atoms with Crippen molar-refractivity contribution >= 4 is 11.8 Å². The van der Waals surface area contributed by atoms with Crippen LogP contribution in [-0.4, -0.2) is 21.4 Å². The molecule has 130 valence electrons. The van der Waals surface area contributed by atoms with Crippen LogP contribution >= 0.6 is 0 Å². The van der Waals surface area contributed by atoms with Crippen molar-refractivity contribution in [1.29, 1.82) is 0 Å². The highest BCUT2D eigenvalue weighted by Gasteiger charge is 2.47. The lowest BCUT2D eigenvalue weighted by molar-refractivity contribution is -0.123. The van der Waals surface area contributed by atoms with Crippen LogP contribution in [0.4, 0.5) is 0 Å².